The molecule has 6 heteroatoms. The third-order valence-electron chi connectivity index (χ3n) is 3.45. The van der Waals surface area contributed by atoms with Crippen molar-refractivity contribution in [3.8, 4) is 0 Å². The maximum atomic E-state index is 6.19. The molecule has 0 aromatic carbocycles. The molecule has 2 aromatic heterocycles. The smallest absolute Gasteiger partial charge is 0.147 e. The lowest BCUT2D eigenvalue weighted by atomic mass is 10.2. The van der Waals surface area contributed by atoms with E-state index >= 15 is 0 Å². The largest absolute Gasteiger partial charge is 0.384 e. The maximum Gasteiger partial charge on any atom is 0.147 e. The van der Waals surface area contributed by atoms with Crippen molar-refractivity contribution in [3.05, 3.63) is 41.7 Å². The number of piperazine rings is 1. The fraction of sp³-hybridized carbons (Fsp3) is 0.286. The first-order valence-electron chi connectivity index (χ1n) is 6.56. The van der Waals surface area contributed by atoms with Gasteiger partial charge in [0.1, 0.15) is 11.6 Å². The van der Waals surface area contributed by atoms with Gasteiger partial charge in [-0.1, -0.05) is 11.6 Å². The van der Waals surface area contributed by atoms with Gasteiger partial charge in [-0.3, -0.25) is 0 Å². The van der Waals surface area contributed by atoms with E-state index in [0.29, 0.717) is 10.8 Å². The number of hydrogen-bond donors (Lipinski definition) is 1. The van der Waals surface area contributed by atoms with Gasteiger partial charge in [-0.2, -0.15) is 0 Å². The standard InChI is InChI=1S/C14H16ClN5/c15-12-2-1-5-17-14(12)20-8-6-19(7-9-20)11-3-4-13(16)18-10-11/h1-5,10H,6-9H2,(H2,16,18). The van der Waals surface area contributed by atoms with Gasteiger partial charge in [-0.05, 0) is 24.3 Å². The zero-order chi connectivity index (χ0) is 13.9. The Morgan fingerprint density at radius 1 is 1.00 bits per heavy atom. The molecule has 2 aromatic rings. The number of aromatic nitrogens is 2. The Morgan fingerprint density at radius 2 is 1.75 bits per heavy atom. The third kappa shape index (κ3) is 2.63. The zero-order valence-electron chi connectivity index (χ0n) is 11.0. The number of halogens is 1. The van der Waals surface area contributed by atoms with Crippen LogP contribution in [0.3, 0.4) is 0 Å². The van der Waals surface area contributed by atoms with Gasteiger partial charge in [-0.15, -0.1) is 0 Å². The van der Waals surface area contributed by atoms with Crippen LogP contribution in [-0.4, -0.2) is 36.1 Å². The van der Waals surface area contributed by atoms with Crippen molar-refractivity contribution >= 4 is 28.9 Å². The lowest BCUT2D eigenvalue weighted by Gasteiger charge is -2.36. The van der Waals surface area contributed by atoms with E-state index in [1.54, 1.807) is 6.20 Å². The average Bonchev–Trinajstić information content (AvgIpc) is 2.49. The van der Waals surface area contributed by atoms with Crippen molar-refractivity contribution < 1.29 is 0 Å². The van der Waals surface area contributed by atoms with E-state index < -0.39 is 0 Å². The number of rotatable bonds is 2. The highest BCUT2D eigenvalue weighted by Gasteiger charge is 2.19. The van der Waals surface area contributed by atoms with Gasteiger partial charge in [0.15, 0.2) is 0 Å². The summed E-state index contributed by atoms with van der Waals surface area (Å²) < 4.78 is 0. The van der Waals surface area contributed by atoms with Crippen molar-refractivity contribution in [3.63, 3.8) is 0 Å². The lowest BCUT2D eigenvalue weighted by molar-refractivity contribution is 0.647. The number of nitrogens with two attached hydrogens (primary N) is 1. The van der Waals surface area contributed by atoms with Crippen LogP contribution in [0.4, 0.5) is 17.3 Å². The maximum absolute atomic E-state index is 6.19. The monoisotopic (exact) mass is 289 g/mol. The van der Waals surface area contributed by atoms with Crippen molar-refractivity contribution in [1.82, 2.24) is 9.97 Å². The first kappa shape index (κ1) is 13.0. The Kier molecular flexibility index (Phi) is 3.60. The highest BCUT2D eigenvalue weighted by Crippen LogP contribution is 2.24. The van der Waals surface area contributed by atoms with Gasteiger partial charge in [0, 0.05) is 32.4 Å². The van der Waals surface area contributed by atoms with Crippen LogP contribution in [0.15, 0.2) is 36.7 Å². The van der Waals surface area contributed by atoms with Gasteiger partial charge in [0.25, 0.3) is 0 Å². The number of nitrogens with zero attached hydrogens (tertiary/aromatic N) is 4. The Hall–Kier alpha value is -2.01. The second kappa shape index (κ2) is 5.54. The minimum atomic E-state index is 0.549. The Morgan fingerprint density at radius 3 is 2.40 bits per heavy atom. The van der Waals surface area contributed by atoms with Gasteiger partial charge >= 0.3 is 0 Å². The number of nitrogen functional groups attached to an aromatic ring is 1. The van der Waals surface area contributed by atoms with Crippen LogP contribution >= 0.6 is 11.6 Å². The molecule has 2 N–H and O–H groups in total. The quantitative estimate of drug-likeness (QED) is 0.917. The van der Waals surface area contributed by atoms with Crippen molar-refractivity contribution in [2.75, 3.05) is 41.7 Å². The molecule has 0 radical (unpaired) electrons. The molecule has 1 saturated heterocycles. The number of pyridine rings is 2. The summed E-state index contributed by atoms with van der Waals surface area (Å²) in [5, 5.41) is 0.704. The predicted molar refractivity (Wildman–Crippen MR) is 82.3 cm³/mol. The molecular weight excluding hydrogens is 274 g/mol. The summed E-state index contributed by atoms with van der Waals surface area (Å²) >= 11 is 6.19. The van der Waals surface area contributed by atoms with Crippen LogP contribution in [0.5, 0.6) is 0 Å². The second-order valence-corrected chi connectivity index (χ2v) is 5.13. The molecule has 104 valence electrons. The molecule has 1 aliphatic heterocycles. The SMILES string of the molecule is Nc1ccc(N2CCN(c3ncccc3Cl)CC2)cn1. The van der Waals surface area contributed by atoms with E-state index in [0.717, 1.165) is 37.7 Å². The summed E-state index contributed by atoms with van der Waals surface area (Å²) in [4.78, 5) is 13.0. The topological polar surface area (TPSA) is 58.3 Å². The summed E-state index contributed by atoms with van der Waals surface area (Å²) in [7, 11) is 0. The summed E-state index contributed by atoms with van der Waals surface area (Å²) in [5.41, 5.74) is 6.71. The van der Waals surface area contributed by atoms with Crippen LogP contribution in [-0.2, 0) is 0 Å². The first-order chi connectivity index (χ1) is 9.74. The van der Waals surface area contributed by atoms with Gasteiger partial charge in [0.05, 0.1) is 16.9 Å². The fourth-order valence-corrected chi connectivity index (χ4v) is 2.61. The summed E-state index contributed by atoms with van der Waals surface area (Å²) in [5.74, 6) is 1.41. The van der Waals surface area contributed by atoms with Crippen molar-refractivity contribution in [2.45, 2.75) is 0 Å². The highest BCUT2D eigenvalue weighted by molar-refractivity contribution is 6.32. The van der Waals surface area contributed by atoms with Gasteiger partial charge < -0.3 is 15.5 Å². The van der Waals surface area contributed by atoms with E-state index in [2.05, 4.69) is 19.8 Å². The molecule has 5 nitrogen and oxygen atoms in total. The van der Waals surface area contributed by atoms with Crippen molar-refractivity contribution in [1.29, 1.82) is 0 Å². The molecule has 1 fully saturated rings. The average molecular weight is 290 g/mol. The predicted octanol–water partition coefficient (Wildman–Crippen LogP) is 2.04. The summed E-state index contributed by atoms with van der Waals surface area (Å²) in [6.45, 7) is 3.61. The van der Waals surface area contributed by atoms with Gasteiger partial charge in [-0.25, -0.2) is 9.97 Å². The molecule has 0 saturated carbocycles. The summed E-state index contributed by atoms with van der Waals surface area (Å²) in [6.07, 6.45) is 3.59. The van der Waals surface area contributed by atoms with E-state index in [1.807, 2.05) is 30.5 Å². The molecule has 0 atom stereocenters. The third-order valence-corrected chi connectivity index (χ3v) is 3.75. The number of hydrogen-bond acceptors (Lipinski definition) is 5. The van der Waals surface area contributed by atoms with E-state index in [-0.39, 0.29) is 0 Å². The molecule has 20 heavy (non-hydrogen) atoms. The molecule has 0 spiro atoms. The van der Waals surface area contributed by atoms with Crippen LogP contribution in [0.2, 0.25) is 5.02 Å². The summed E-state index contributed by atoms with van der Waals surface area (Å²) in [6, 6.07) is 7.56. The zero-order valence-corrected chi connectivity index (χ0v) is 11.8. The first-order valence-corrected chi connectivity index (χ1v) is 6.94. The lowest BCUT2D eigenvalue weighted by Crippen LogP contribution is -2.47. The molecule has 0 bridgehead atoms. The molecule has 3 rings (SSSR count). The minimum absolute atomic E-state index is 0.549. The molecule has 0 aliphatic carbocycles. The Labute approximate surface area is 123 Å². The highest BCUT2D eigenvalue weighted by atomic mass is 35.5. The normalized spacial score (nSPS) is 15.4. The van der Waals surface area contributed by atoms with E-state index in [9.17, 15) is 0 Å². The molecule has 3 heterocycles. The fourth-order valence-electron chi connectivity index (χ4n) is 2.37. The molecule has 0 unspecified atom stereocenters. The Balaban J connectivity index is 1.68. The molecule has 1 aliphatic rings. The molecule has 0 amide bonds. The van der Waals surface area contributed by atoms with Crippen LogP contribution in [0.25, 0.3) is 0 Å². The Bertz CT molecular complexity index is 578. The van der Waals surface area contributed by atoms with Crippen molar-refractivity contribution in [2.24, 2.45) is 0 Å². The second-order valence-electron chi connectivity index (χ2n) is 4.72. The van der Waals surface area contributed by atoms with Crippen LogP contribution < -0.4 is 15.5 Å². The van der Waals surface area contributed by atoms with E-state index in [4.69, 9.17) is 17.3 Å². The van der Waals surface area contributed by atoms with E-state index in [1.165, 1.54) is 0 Å². The van der Waals surface area contributed by atoms with Crippen LogP contribution in [0.1, 0.15) is 0 Å². The minimum Gasteiger partial charge on any atom is -0.384 e. The van der Waals surface area contributed by atoms with Gasteiger partial charge in [0.2, 0.25) is 0 Å². The molecular formula is C14H16ClN5. The van der Waals surface area contributed by atoms with Crippen LogP contribution in [0, 0.1) is 0 Å². The number of anilines is 3.